The molecule has 0 radical (unpaired) electrons. The van der Waals surface area contributed by atoms with E-state index in [1.165, 1.54) is 11.3 Å². The molecule has 0 bridgehead atoms. The van der Waals surface area contributed by atoms with Crippen molar-refractivity contribution in [2.24, 2.45) is 0 Å². The van der Waals surface area contributed by atoms with E-state index in [2.05, 4.69) is 5.32 Å². The summed E-state index contributed by atoms with van der Waals surface area (Å²) in [5, 5.41) is 3.71. The Morgan fingerprint density at radius 2 is 1.57 bits per heavy atom. The molecule has 0 aromatic heterocycles. The average Bonchev–Trinajstić information content (AvgIpc) is 2.88. The summed E-state index contributed by atoms with van der Waals surface area (Å²) in [6, 6.07) is 13.6. The van der Waals surface area contributed by atoms with E-state index in [1.54, 1.807) is 24.3 Å². The quantitative estimate of drug-likeness (QED) is 0.432. The summed E-state index contributed by atoms with van der Waals surface area (Å²) in [6.45, 7) is 3.65. The number of carbonyl (C=O) groups excluding carboxylic acids is 2. The van der Waals surface area contributed by atoms with Gasteiger partial charge < -0.3 is 10.2 Å². The van der Waals surface area contributed by atoms with Crippen LogP contribution in [0.4, 0.5) is 5.69 Å². The first-order valence-corrected chi connectivity index (χ1v) is 15.3. The zero-order chi connectivity index (χ0) is 27.0. The summed E-state index contributed by atoms with van der Waals surface area (Å²) in [5.74, 6) is -0.638. The molecule has 3 rings (SSSR count). The number of aryl methyl sites for hydroxylation is 1. The van der Waals surface area contributed by atoms with Gasteiger partial charge >= 0.3 is 0 Å². The molecule has 1 saturated carbocycles. The Bertz CT molecular complexity index is 1150. The number of halogens is 1. The molecule has 202 valence electrons. The lowest BCUT2D eigenvalue weighted by atomic mass is 9.95. The number of amides is 2. The Balaban J connectivity index is 1.89. The smallest absolute Gasteiger partial charge is 0.244 e. The second-order valence-corrected chi connectivity index (χ2v) is 12.0. The van der Waals surface area contributed by atoms with Crippen LogP contribution in [0, 0.1) is 0 Å². The van der Waals surface area contributed by atoms with Crippen LogP contribution in [0.3, 0.4) is 0 Å². The highest BCUT2D eigenvalue weighted by atomic mass is 35.5. The van der Waals surface area contributed by atoms with Crippen LogP contribution in [0.25, 0.3) is 0 Å². The molecule has 0 heterocycles. The van der Waals surface area contributed by atoms with Crippen LogP contribution in [0.2, 0.25) is 5.02 Å². The van der Waals surface area contributed by atoms with Crippen molar-refractivity contribution in [3.63, 3.8) is 0 Å². The molecule has 1 fully saturated rings. The van der Waals surface area contributed by atoms with Crippen molar-refractivity contribution >= 4 is 39.1 Å². The highest BCUT2D eigenvalue weighted by molar-refractivity contribution is 7.92. The minimum Gasteiger partial charge on any atom is -0.352 e. The Morgan fingerprint density at radius 1 is 0.973 bits per heavy atom. The molecule has 0 unspecified atom stereocenters. The van der Waals surface area contributed by atoms with Crippen molar-refractivity contribution in [1.29, 1.82) is 0 Å². The first kappa shape index (κ1) is 29.0. The van der Waals surface area contributed by atoms with Gasteiger partial charge in [-0.25, -0.2) is 8.42 Å². The highest BCUT2D eigenvalue weighted by Gasteiger charge is 2.32. The number of sulfonamides is 1. The second-order valence-electron chi connectivity index (χ2n) is 9.71. The fraction of sp³-hybridized carbons (Fsp3) is 0.500. The van der Waals surface area contributed by atoms with Crippen LogP contribution in [0.15, 0.2) is 48.5 Å². The minimum atomic E-state index is -3.75. The van der Waals surface area contributed by atoms with E-state index in [0.717, 1.165) is 53.8 Å². The predicted molar refractivity (Wildman–Crippen MR) is 149 cm³/mol. The van der Waals surface area contributed by atoms with Gasteiger partial charge in [-0.2, -0.15) is 0 Å². The van der Waals surface area contributed by atoms with Gasteiger partial charge in [0, 0.05) is 17.6 Å². The van der Waals surface area contributed by atoms with Crippen LogP contribution in [-0.2, 0) is 32.6 Å². The first-order chi connectivity index (χ1) is 17.6. The standard InChI is InChI=1S/C28H38ClN3O4S/c1-4-21-13-17-25(18-14-21)32(37(3,35)36)20-27(33)31(19-22-11-15-23(29)16-12-22)26(5-2)28(34)30-24-9-7-6-8-10-24/h11-18,24,26H,4-10,19-20H2,1-3H3,(H,30,34)/t26-/m0/s1. The lowest BCUT2D eigenvalue weighted by molar-refractivity contribution is -0.140. The molecule has 0 spiro atoms. The molecule has 2 aromatic carbocycles. The molecule has 1 atom stereocenters. The number of nitrogens with zero attached hydrogens (tertiary/aromatic N) is 2. The van der Waals surface area contributed by atoms with Crippen molar-refractivity contribution in [3.05, 3.63) is 64.7 Å². The minimum absolute atomic E-state index is 0.104. The molecular weight excluding hydrogens is 510 g/mol. The van der Waals surface area contributed by atoms with E-state index in [-0.39, 0.29) is 18.5 Å². The number of rotatable bonds is 11. The van der Waals surface area contributed by atoms with E-state index in [4.69, 9.17) is 11.6 Å². The van der Waals surface area contributed by atoms with Gasteiger partial charge in [-0.05, 0) is 61.1 Å². The predicted octanol–water partition coefficient (Wildman–Crippen LogP) is 4.92. The highest BCUT2D eigenvalue weighted by Crippen LogP contribution is 2.22. The van der Waals surface area contributed by atoms with Crippen LogP contribution in [-0.4, -0.2) is 50.0 Å². The SMILES string of the molecule is CCc1ccc(N(CC(=O)N(Cc2ccc(Cl)cc2)[C@@H](CC)C(=O)NC2CCCCC2)S(C)(=O)=O)cc1. The molecule has 1 N–H and O–H groups in total. The number of carbonyl (C=O) groups is 2. The van der Waals surface area contributed by atoms with Gasteiger partial charge in [-0.1, -0.05) is 69.0 Å². The van der Waals surface area contributed by atoms with E-state index in [9.17, 15) is 18.0 Å². The van der Waals surface area contributed by atoms with Crippen molar-refractivity contribution in [2.75, 3.05) is 17.1 Å². The average molecular weight is 548 g/mol. The third-order valence-corrected chi connectivity index (χ3v) is 8.31. The maximum Gasteiger partial charge on any atom is 0.244 e. The third-order valence-electron chi connectivity index (χ3n) is 6.92. The summed E-state index contributed by atoms with van der Waals surface area (Å²) in [4.78, 5) is 28.7. The van der Waals surface area contributed by atoms with Crippen LogP contribution < -0.4 is 9.62 Å². The molecule has 1 aliphatic rings. The van der Waals surface area contributed by atoms with Crippen molar-refractivity contribution < 1.29 is 18.0 Å². The zero-order valence-electron chi connectivity index (χ0n) is 22.0. The van der Waals surface area contributed by atoms with Gasteiger partial charge in [0.05, 0.1) is 11.9 Å². The van der Waals surface area contributed by atoms with Gasteiger partial charge in [-0.3, -0.25) is 13.9 Å². The summed E-state index contributed by atoms with van der Waals surface area (Å²) < 4.78 is 26.6. The summed E-state index contributed by atoms with van der Waals surface area (Å²) >= 11 is 6.05. The Labute approximate surface area is 226 Å². The van der Waals surface area contributed by atoms with Crippen molar-refractivity contribution in [3.8, 4) is 0 Å². The van der Waals surface area contributed by atoms with E-state index < -0.39 is 28.5 Å². The maximum atomic E-state index is 13.8. The molecule has 2 amide bonds. The Kier molecular flexibility index (Phi) is 10.4. The molecule has 37 heavy (non-hydrogen) atoms. The first-order valence-electron chi connectivity index (χ1n) is 13.0. The molecule has 2 aromatic rings. The molecule has 9 heteroatoms. The third kappa shape index (κ3) is 8.20. The topological polar surface area (TPSA) is 86.8 Å². The van der Waals surface area contributed by atoms with E-state index in [0.29, 0.717) is 17.1 Å². The van der Waals surface area contributed by atoms with Gasteiger partial charge in [0.2, 0.25) is 21.8 Å². The van der Waals surface area contributed by atoms with Crippen LogP contribution >= 0.6 is 11.6 Å². The monoisotopic (exact) mass is 547 g/mol. The number of hydrogen-bond acceptors (Lipinski definition) is 4. The van der Waals surface area contributed by atoms with Gasteiger partial charge in [0.25, 0.3) is 0 Å². The van der Waals surface area contributed by atoms with E-state index in [1.807, 2.05) is 38.1 Å². The van der Waals surface area contributed by atoms with Crippen LogP contribution in [0.5, 0.6) is 0 Å². The van der Waals surface area contributed by atoms with Gasteiger partial charge in [-0.15, -0.1) is 0 Å². The lowest BCUT2D eigenvalue weighted by Crippen LogP contribution is -2.53. The zero-order valence-corrected chi connectivity index (χ0v) is 23.5. The van der Waals surface area contributed by atoms with Crippen molar-refractivity contribution in [1.82, 2.24) is 10.2 Å². The summed E-state index contributed by atoms with van der Waals surface area (Å²) in [7, 11) is -3.75. The van der Waals surface area contributed by atoms with Crippen molar-refractivity contribution in [2.45, 2.75) is 77.4 Å². The number of anilines is 1. The number of benzene rings is 2. The fourth-order valence-electron chi connectivity index (χ4n) is 4.76. The summed E-state index contributed by atoms with van der Waals surface area (Å²) in [6.07, 6.45) is 7.51. The van der Waals surface area contributed by atoms with Crippen LogP contribution in [0.1, 0.15) is 63.5 Å². The fourth-order valence-corrected chi connectivity index (χ4v) is 5.74. The van der Waals surface area contributed by atoms with E-state index >= 15 is 0 Å². The lowest BCUT2D eigenvalue weighted by Gasteiger charge is -2.34. The Morgan fingerprint density at radius 3 is 2.11 bits per heavy atom. The molecule has 0 aliphatic heterocycles. The Hall–Kier alpha value is -2.58. The molecule has 7 nitrogen and oxygen atoms in total. The van der Waals surface area contributed by atoms with Gasteiger partial charge in [0.15, 0.2) is 0 Å². The van der Waals surface area contributed by atoms with Gasteiger partial charge in [0.1, 0.15) is 12.6 Å². The molecule has 0 saturated heterocycles. The summed E-state index contributed by atoms with van der Waals surface area (Å²) in [5.41, 5.74) is 2.29. The normalized spacial score (nSPS) is 15.1. The largest absolute Gasteiger partial charge is 0.352 e. The second kappa shape index (κ2) is 13.3. The molecular formula is C28H38ClN3O4S. The molecule has 1 aliphatic carbocycles. The number of hydrogen-bond donors (Lipinski definition) is 1. The maximum absolute atomic E-state index is 13.8. The number of nitrogens with one attached hydrogen (secondary N) is 1.